The predicted molar refractivity (Wildman–Crippen MR) is 105 cm³/mol. The number of hydrogen-bond donors (Lipinski definition) is 1. The minimum Gasteiger partial charge on any atom is -0.435 e. The van der Waals surface area contributed by atoms with E-state index in [2.05, 4.69) is 26.9 Å². The van der Waals surface area contributed by atoms with Gasteiger partial charge in [-0.05, 0) is 31.2 Å². The number of fused-ring (bicyclic) bond motifs is 1. The Morgan fingerprint density at radius 2 is 2.10 bits per heavy atom. The van der Waals surface area contributed by atoms with Crippen LogP contribution in [-0.2, 0) is 10.0 Å². The Hall–Kier alpha value is -2.72. The molecular weight excluding hydrogens is 402 g/mol. The zero-order valence-electron chi connectivity index (χ0n) is 15.6. The van der Waals surface area contributed by atoms with E-state index < -0.39 is 16.6 Å². The van der Waals surface area contributed by atoms with Crippen molar-refractivity contribution in [2.75, 3.05) is 24.5 Å². The first-order valence-corrected chi connectivity index (χ1v) is 10.5. The second kappa shape index (κ2) is 7.60. The topological polar surface area (TPSA) is 76.5 Å². The maximum absolute atomic E-state index is 13.3. The molecule has 0 saturated carbocycles. The van der Waals surface area contributed by atoms with Gasteiger partial charge in [-0.1, -0.05) is 6.07 Å². The quantitative estimate of drug-likeness (QED) is 0.681. The van der Waals surface area contributed by atoms with Crippen LogP contribution >= 0.6 is 0 Å². The smallest absolute Gasteiger partial charge is 0.387 e. The molecule has 1 unspecified atom stereocenters. The fourth-order valence-electron chi connectivity index (χ4n) is 3.52. The largest absolute Gasteiger partial charge is 0.435 e. The number of anilines is 1. The molecule has 3 aromatic rings. The van der Waals surface area contributed by atoms with Gasteiger partial charge in [0, 0.05) is 44.1 Å². The molecule has 0 radical (unpaired) electrons. The predicted octanol–water partition coefficient (Wildman–Crippen LogP) is 2.67. The summed E-state index contributed by atoms with van der Waals surface area (Å²) in [6, 6.07) is 8.69. The van der Waals surface area contributed by atoms with Gasteiger partial charge in [-0.3, -0.25) is 4.98 Å². The number of benzene rings is 1. The number of piperazine rings is 1. The molecule has 7 nitrogen and oxygen atoms in total. The number of nitrogens with zero attached hydrogens (tertiary/aromatic N) is 3. The van der Waals surface area contributed by atoms with Crippen LogP contribution in [-0.4, -0.2) is 49.7 Å². The average Bonchev–Trinajstić information content (AvgIpc) is 3.08. The summed E-state index contributed by atoms with van der Waals surface area (Å²) in [6.45, 7) is 1.24. The Bertz CT molecular complexity index is 1130. The Morgan fingerprint density at radius 3 is 2.86 bits per heavy atom. The lowest BCUT2D eigenvalue weighted by Gasteiger charge is -2.32. The number of halogens is 2. The maximum Gasteiger partial charge on any atom is 0.387 e. The molecule has 29 heavy (non-hydrogen) atoms. The second-order valence-electron chi connectivity index (χ2n) is 6.84. The summed E-state index contributed by atoms with van der Waals surface area (Å²) in [5, 5.41) is 3.35. The summed E-state index contributed by atoms with van der Waals surface area (Å²) in [5.41, 5.74) is 1.72. The van der Waals surface area contributed by atoms with Crippen LogP contribution < -0.4 is 15.0 Å². The lowest BCUT2D eigenvalue weighted by Crippen LogP contribution is -2.49. The maximum atomic E-state index is 13.3. The molecule has 1 saturated heterocycles. The molecule has 0 aliphatic carbocycles. The first-order valence-electron chi connectivity index (χ1n) is 9.11. The van der Waals surface area contributed by atoms with E-state index in [0.29, 0.717) is 17.6 Å². The van der Waals surface area contributed by atoms with Gasteiger partial charge in [-0.25, -0.2) is 12.4 Å². The lowest BCUT2D eigenvalue weighted by atomic mass is 10.2. The molecule has 1 atom stereocenters. The van der Waals surface area contributed by atoms with Crippen molar-refractivity contribution in [1.29, 1.82) is 0 Å². The summed E-state index contributed by atoms with van der Waals surface area (Å²) in [6.07, 6.45) is 3.16. The van der Waals surface area contributed by atoms with E-state index >= 15 is 0 Å². The third kappa shape index (κ3) is 3.77. The molecule has 1 N–H and O–H groups in total. The highest BCUT2D eigenvalue weighted by Gasteiger charge is 2.26. The van der Waals surface area contributed by atoms with Crippen molar-refractivity contribution < 1.29 is 21.9 Å². The molecule has 1 fully saturated rings. The number of hydrogen-bond acceptors (Lipinski definition) is 6. The van der Waals surface area contributed by atoms with E-state index in [-0.39, 0.29) is 16.7 Å². The average molecular weight is 422 g/mol. The zero-order valence-corrected chi connectivity index (χ0v) is 16.4. The molecule has 0 amide bonds. The minimum atomic E-state index is -4.05. The van der Waals surface area contributed by atoms with Crippen LogP contribution in [0, 0.1) is 0 Å². The van der Waals surface area contributed by atoms with Gasteiger partial charge in [-0.15, -0.1) is 0 Å². The van der Waals surface area contributed by atoms with E-state index in [4.69, 9.17) is 0 Å². The number of aromatic nitrogens is 2. The lowest BCUT2D eigenvalue weighted by molar-refractivity contribution is -0.0499. The second-order valence-corrected chi connectivity index (χ2v) is 8.66. The number of nitrogens with one attached hydrogen (secondary N) is 1. The highest BCUT2D eigenvalue weighted by atomic mass is 32.2. The Labute approximate surface area is 167 Å². The fourth-order valence-corrected chi connectivity index (χ4v) is 4.91. The van der Waals surface area contributed by atoms with Crippen LogP contribution in [0.25, 0.3) is 11.0 Å². The summed E-state index contributed by atoms with van der Waals surface area (Å²) in [5.74, 6) is -0.216. The van der Waals surface area contributed by atoms with Crippen LogP contribution in [0.1, 0.15) is 6.92 Å². The molecule has 1 aliphatic rings. The number of pyridine rings is 1. The normalized spacial score (nSPS) is 17.8. The van der Waals surface area contributed by atoms with Gasteiger partial charge >= 0.3 is 6.61 Å². The molecule has 1 aliphatic heterocycles. The molecule has 4 rings (SSSR count). The van der Waals surface area contributed by atoms with E-state index in [1.807, 2.05) is 0 Å². The third-order valence-corrected chi connectivity index (χ3v) is 6.47. The van der Waals surface area contributed by atoms with Crippen molar-refractivity contribution in [1.82, 2.24) is 14.3 Å². The van der Waals surface area contributed by atoms with Gasteiger partial charge in [0.15, 0.2) is 0 Å². The van der Waals surface area contributed by atoms with Gasteiger partial charge in [0.2, 0.25) is 0 Å². The van der Waals surface area contributed by atoms with Crippen LogP contribution in [0.15, 0.2) is 53.7 Å². The summed E-state index contributed by atoms with van der Waals surface area (Å²) in [7, 11) is -4.05. The van der Waals surface area contributed by atoms with E-state index in [0.717, 1.165) is 28.8 Å². The summed E-state index contributed by atoms with van der Waals surface area (Å²) in [4.78, 5) is 6.35. The van der Waals surface area contributed by atoms with Crippen molar-refractivity contribution in [3.05, 3.63) is 48.8 Å². The zero-order chi connectivity index (χ0) is 20.6. The molecule has 154 valence electrons. The molecule has 1 aromatic carbocycles. The van der Waals surface area contributed by atoms with E-state index in [1.54, 1.807) is 24.5 Å². The fraction of sp³-hybridized carbons (Fsp3) is 0.316. The van der Waals surface area contributed by atoms with Crippen LogP contribution in [0.4, 0.5) is 14.5 Å². The number of rotatable bonds is 5. The van der Waals surface area contributed by atoms with Gasteiger partial charge in [0.25, 0.3) is 10.0 Å². The molecule has 2 aromatic heterocycles. The van der Waals surface area contributed by atoms with E-state index in [9.17, 15) is 17.2 Å². The van der Waals surface area contributed by atoms with Crippen molar-refractivity contribution >= 4 is 26.7 Å². The van der Waals surface area contributed by atoms with Crippen LogP contribution in [0.2, 0.25) is 0 Å². The standard InChI is InChI=1S/C19H20F2N4O3S/c1-13-11-24(9-8-22-13)17-12-25(16-6-3-7-23-18(16)17)29(26,27)15-5-2-4-14(10-15)28-19(20)21/h2-7,10,12-13,19,22H,8-9,11H2,1H3. The monoisotopic (exact) mass is 422 g/mol. The van der Waals surface area contributed by atoms with Crippen molar-refractivity contribution in [3.8, 4) is 5.75 Å². The first kappa shape index (κ1) is 19.6. The van der Waals surface area contributed by atoms with Crippen molar-refractivity contribution in [2.45, 2.75) is 24.5 Å². The van der Waals surface area contributed by atoms with Crippen LogP contribution in [0.3, 0.4) is 0 Å². The first-order chi connectivity index (χ1) is 13.9. The highest BCUT2D eigenvalue weighted by Crippen LogP contribution is 2.32. The summed E-state index contributed by atoms with van der Waals surface area (Å²) < 4.78 is 57.2. The number of alkyl halides is 2. The Kier molecular flexibility index (Phi) is 5.13. The van der Waals surface area contributed by atoms with Gasteiger partial charge in [0.05, 0.1) is 16.1 Å². The highest BCUT2D eigenvalue weighted by molar-refractivity contribution is 7.90. The Balaban J connectivity index is 1.81. The van der Waals surface area contributed by atoms with Crippen LogP contribution in [0.5, 0.6) is 5.75 Å². The summed E-state index contributed by atoms with van der Waals surface area (Å²) >= 11 is 0. The van der Waals surface area contributed by atoms with Crippen molar-refractivity contribution in [3.63, 3.8) is 0 Å². The van der Waals surface area contributed by atoms with Gasteiger partial charge in [-0.2, -0.15) is 8.78 Å². The molecule has 0 spiro atoms. The van der Waals surface area contributed by atoms with E-state index in [1.165, 1.54) is 18.2 Å². The molecular formula is C19H20F2N4O3S. The molecule has 10 heteroatoms. The van der Waals surface area contributed by atoms with Crippen molar-refractivity contribution in [2.24, 2.45) is 0 Å². The SMILES string of the molecule is CC1CN(c2cn(S(=O)(=O)c3cccc(OC(F)F)c3)c3cccnc23)CCN1. The number of ether oxygens (including phenoxy) is 1. The third-order valence-electron chi connectivity index (χ3n) is 4.80. The Morgan fingerprint density at radius 1 is 1.28 bits per heavy atom. The molecule has 0 bridgehead atoms. The van der Waals surface area contributed by atoms with Gasteiger partial charge in [0.1, 0.15) is 11.3 Å². The molecule has 3 heterocycles. The van der Waals surface area contributed by atoms with Gasteiger partial charge < -0.3 is 15.0 Å². The minimum absolute atomic E-state index is 0.142.